The van der Waals surface area contributed by atoms with Gasteiger partial charge in [0.2, 0.25) is 0 Å². The maximum atomic E-state index is 13.8. The number of nitrogens with two attached hydrogens (primary N) is 1. The number of anilines is 4. The molecule has 0 saturated carbocycles. The molecule has 1 aliphatic heterocycles. The quantitative estimate of drug-likeness (QED) is 0.233. The topological polar surface area (TPSA) is 93.9 Å². The molecular weight excluding hydrogens is 518 g/mol. The van der Waals surface area contributed by atoms with E-state index in [0.29, 0.717) is 45.9 Å². The van der Waals surface area contributed by atoms with Crippen LogP contribution < -0.4 is 20.7 Å². The minimum absolute atomic E-state index is 0.0281. The molecule has 0 aromatic heterocycles. The van der Waals surface area contributed by atoms with Crippen molar-refractivity contribution in [1.29, 1.82) is 0 Å². The normalized spacial score (nSPS) is 17.7. The van der Waals surface area contributed by atoms with Crippen molar-refractivity contribution in [3.8, 4) is 5.75 Å². The minimum atomic E-state index is -5.12. The van der Waals surface area contributed by atoms with Crippen molar-refractivity contribution in [2.45, 2.75) is 37.4 Å². The molecule has 3 aromatic carbocycles. The van der Waals surface area contributed by atoms with Crippen LogP contribution in [0.25, 0.3) is 0 Å². The molecule has 0 radical (unpaired) electrons. The van der Waals surface area contributed by atoms with Gasteiger partial charge in [0.1, 0.15) is 11.6 Å². The number of rotatable bonds is 6. The molecule has 3 aromatic rings. The Bertz CT molecular complexity index is 1440. The van der Waals surface area contributed by atoms with Gasteiger partial charge < -0.3 is 20.5 Å². The number of halogens is 4. The number of fused-ring (bicyclic) bond motifs is 2. The predicted octanol–water partition coefficient (Wildman–Crippen LogP) is 5.77. The van der Waals surface area contributed by atoms with Crippen LogP contribution in [0.4, 0.5) is 40.3 Å². The summed E-state index contributed by atoms with van der Waals surface area (Å²) >= 11 is 0. The molecule has 1 aliphatic carbocycles. The van der Waals surface area contributed by atoms with Gasteiger partial charge in [-0.05, 0) is 54.3 Å². The minimum Gasteiger partial charge on any atom is -0.493 e. The highest BCUT2D eigenvalue weighted by Crippen LogP contribution is 2.46. The predicted molar refractivity (Wildman–Crippen MR) is 136 cm³/mol. The Kier molecular flexibility index (Phi) is 6.83. The Morgan fingerprint density at radius 1 is 1.10 bits per heavy atom. The van der Waals surface area contributed by atoms with E-state index in [1.165, 1.54) is 37.4 Å². The number of nitrogen functional groups attached to an aromatic ring is 1. The van der Waals surface area contributed by atoms with Gasteiger partial charge in [-0.3, -0.25) is 14.5 Å². The van der Waals surface area contributed by atoms with E-state index in [1.54, 1.807) is 24.3 Å². The van der Waals surface area contributed by atoms with Crippen LogP contribution in [0.1, 0.15) is 41.5 Å². The van der Waals surface area contributed by atoms with Crippen LogP contribution in [-0.2, 0) is 20.7 Å². The van der Waals surface area contributed by atoms with Crippen LogP contribution in [0, 0.1) is 5.82 Å². The average Bonchev–Trinajstić information content (AvgIpc) is 3.50. The number of methoxy groups -OCH3 is 1. The van der Waals surface area contributed by atoms with Gasteiger partial charge in [-0.2, -0.15) is 13.2 Å². The molecule has 204 valence electrons. The molecule has 0 bridgehead atoms. The number of carbonyl (C=O) groups excluding carboxylic acids is 2. The van der Waals surface area contributed by atoms with Crippen molar-refractivity contribution in [2.75, 3.05) is 29.7 Å². The third-order valence-electron chi connectivity index (χ3n) is 7.09. The number of benzene rings is 3. The molecule has 3 N–H and O–H groups in total. The molecule has 1 amide bonds. The first-order valence-electron chi connectivity index (χ1n) is 12.2. The SMILES string of the molecule is COC(=O)C[C@@H]1COc2cc(N(C(=O)C(F)(F)F)C3CCc4c(Nc5cc(F)ccc5N)cccc43)ccc21. The lowest BCUT2D eigenvalue weighted by atomic mass is 9.97. The summed E-state index contributed by atoms with van der Waals surface area (Å²) in [6.45, 7) is 0.172. The number of nitrogens with zero attached hydrogens (tertiary/aromatic N) is 1. The lowest BCUT2D eigenvalue weighted by molar-refractivity contribution is -0.171. The Labute approximate surface area is 221 Å². The first-order chi connectivity index (χ1) is 18.6. The molecular formula is C28H25F4N3O4. The molecule has 2 atom stereocenters. The number of hydrogen-bond acceptors (Lipinski definition) is 6. The van der Waals surface area contributed by atoms with Crippen molar-refractivity contribution in [1.82, 2.24) is 0 Å². The number of esters is 1. The van der Waals surface area contributed by atoms with E-state index in [0.717, 1.165) is 4.90 Å². The fourth-order valence-corrected chi connectivity index (χ4v) is 5.24. The highest BCUT2D eigenvalue weighted by molar-refractivity contribution is 5.98. The Hall–Kier alpha value is -4.28. The van der Waals surface area contributed by atoms with E-state index < -0.39 is 29.9 Å². The standard InChI is InChI=1S/C28H25F4N3O4/c1-38-26(36)11-15-14-39-25-13-17(6-7-18(15)25)35(27(37)28(30,31)32)24-10-8-19-20(24)3-2-4-22(19)34-23-12-16(29)5-9-21(23)33/h2-7,9,12-13,15,24,34H,8,10-11,14,33H2,1H3/t15-,24?/m1/s1. The van der Waals surface area contributed by atoms with Crippen molar-refractivity contribution < 1.29 is 36.6 Å². The molecule has 7 nitrogen and oxygen atoms in total. The third-order valence-corrected chi connectivity index (χ3v) is 7.09. The van der Waals surface area contributed by atoms with E-state index in [1.807, 2.05) is 0 Å². The molecule has 0 spiro atoms. The van der Waals surface area contributed by atoms with E-state index in [-0.39, 0.29) is 31.1 Å². The molecule has 0 fully saturated rings. The molecule has 0 saturated heterocycles. The third kappa shape index (κ3) is 5.08. The fourth-order valence-electron chi connectivity index (χ4n) is 5.24. The average molecular weight is 544 g/mol. The largest absolute Gasteiger partial charge is 0.493 e. The maximum absolute atomic E-state index is 13.8. The van der Waals surface area contributed by atoms with Crippen LogP contribution >= 0.6 is 0 Å². The number of carbonyl (C=O) groups is 2. The smallest absolute Gasteiger partial charge is 0.471 e. The summed E-state index contributed by atoms with van der Waals surface area (Å²) in [5.74, 6) is -2.91. The molecule has 5 rings (SSSR count). The van der Waals surface area contributed by atoms with Crippen LogP contribution in [-0.4, -0.2) is 31.8 Å². The van der Waals surface area contributed by atoms with Gasteiger partial charge in [-0.25, -0.2) is 4.39 Å². The van der Waals surface area contributed by atoms with E-state index in [2.05, 4.69) is 5.32 Å². The van der Waals surface area contributed by atoms with Crippen molar-refractivity contribution in [3.05, 3.63) is 77.1 Å². The van der Waals surface area contributed by atoms with E-state index in [9.17, 15) is 27.2 Å². The van der Waals surface area contributed by atoms with Crippen LogP contribution in [0.5, 0.6) is 5.75 Å². The lowest BCUT2D eigenvalue weighted by Gasteiger charge is -2.31. The second-order valence-electron chi connectivity index (χ2n) is 9.47. The Balaban J connectivity index is 1.51. The monoisotopic (exact) mass is 543 g/mol. The number of ether oxygens (including phenoxy) is 2. The Morgan fingerprint density at radius 3 is 2.64 bits per heavy atom. The number of hydrogen-bond donors (Lipinski definition) is 2. The molecule has 1 unspecified atom stereocenters. The first-order valence-corrected chi connectivity index (χ1v) is 12.2. The number of amides is 1. The fraction of sp³-hybridized carbons (Fsp3) is 0.286. The summed E-state index contributed by atoms with van der Waals surface area (Å²) in [5.41, 5.74) is 9.10. The summed E-state index contributed by atoms with van der Waals surface area (Å²) in [6, 6.07) is 12.5. The van der Waals surface area contributed by atoms with Gasteiger partial charge in [0.15, 0.2) is 0 Å². The summed E-state index contributed by atoms with van der Waals surface area (Å²) in [7, 11) is 1.27. The summed E-state index contributed by atoms with van der Waals surface area (Å²) in [6.07, 6.45) is -4.45. The van der Waals surface area contributed by atoms with Crippen LogP contribution in [0.3, 0.4) is 0 Å². The van der Waals surface area contributed by atoms with Crippen molar-refractivity contribution in [3.63, 3.8) is 0 Å². The second kappa shape index (κ2) is 10.1. The van der Waals surface area contributed by atoms with Crippen molar-refractivity contribution in [2.24, 2.45) is 0 Å². The zero-order chi connectivity index (χ0) is 27.9. The second-order valence-corrected chi connectivity index (χ2v) is 9.47. The number of nitrogens with one attached hydrogen (secondary N) is 1. The lowest BCUT2D eigenvalue weighted by Crippen LogP contribution is -2.43. The zero-order valence-corrected chi connectivity index (χ0v) is 20.8. The van der Waals surface area contributed by atoms with Crippen molar-refractivity contribution >= 4 is 34.6 Å². The van der Waals surface area contributed by atoms with Gasteiger partial charge in [-0.15, -0.1) is 0 Å². The molecule has 2 aliphatic rings. The molecule has 39 heavy (non-hydrogen) atoms. The summed E-state index contributed by atoms with van der Waals surface area (Å²) in [5, 5.41) is 3.08. The van der Waals surface area contributed by atoms with Crippen LogP contribution in [0.15, 0.2) is 54.6 Å². The molecule has 1 heterocycles. The highest BCUT2D eigenvalue weighted by Gasteiger charge is 2.47. The Morgan fingerprint density at radius 2 is 1.90 bits per heavy atom. The van der Waals surface area contributed by atoms with Gasteiger partial charge in [0, 0.05) is 28.9 Å². The zero-order valence-electron chi connectivity index (χ0n) is 20.8. The van der Waals surface area contributed by atoms with Gasteiger partial charge in [0.25, 0.3) is 0 Å². The maximum Gasteiger partial charge on any atom is 0.471 e. The van der Waals surface area contributed by atoms with Gasteiger partial charge >= 0.3 is 18.1 Å². The number of alkyl halides is 3. The molecule has 11 heteroatoms. The van der Waals surface area contributed by atoms with E-state index in [4.69, 9.17) is 15.2 Å². The first kappa shape index (κ1) is 26.3. The van der Waals surface area contributed by atoms with Gasteiger partial charge in [-0.1, -0.05) is 18.2 Å². The van der Waals surface area contributed by atoms with Gasteiger partial charge in [0.05, 0.1) is 37.6 Å². The highest BCUT2D eigenvalue weighted by atomic mass is 19.4. The van der Waals surface area contributed by atoms with E-state index >= 15 is 0 Å². The van der Waals surface area contributed by atoms with Crippen LogP contribution in [0.2, 0.25) is 0 Å². The summed E-state index contributed by atoms with van der Waals surface area (Å²) in [4.78, 5) is 25.3. The summed E-state index contributed by atoms with van der Waals surface area (Å²) < 4.78 is 65.7.